The number of halogens is 2. The Kier molecular flexibility index (Phi) is 2.81. The second-order valence-corrected chi connectivity index (χ2v) is 2.95. The molecule has 1 aromatic rings. The quantitative estimate of drug-likeness (QED) is 0.435. The van der Waals surface area contributed by atoms with E-state index >= 15 is 0 Å². The summed E-state index contributed by atoms with van der Waals surface area (Å²) >= 11 is 5.44. The zero-order chi connectivity index (χ0) is 10.9. The fraction of sp³-hybridized carbons (Fsp3) is 0.125. The van der Waals surface area contributed by atoms with Crippen LogP contribution in [-0.4, -0.2) is 10.7 Å². The fourth-order valence-electron chi connectivity index (χ4n) is 0.952. The average molecular weight is 218 g/mol. The van der Waals surface area contributed by atoms with Crippen LogP contribution < -0.4 is 0 Å². The van der Waals surface area contributed by atoms with E-state index in [1.165, 1.54) is 6.92 Å². The van der Waals surface area contributed by atoms with Crippen LogP contribution in [0.1, 0.15) is 17.3 Å². The van der Waals surface area contributed by atoms with Gasteiger partial charge in [0.1, 0.15) is 0 Å². The minimum atomic E-state index is -1.18. The van der Waals surface area contributed by atoms with Gasteiger partial charge in [-0.3, -0.25) is 14.9 Å². The third kappa shape index (κ3) is 1.72. The number of nitrogens with zero attached hydrogens (tertiary/aromatic N) is 1. The van der Waals surface area contributed by atoms with Gasteiger partial charge in [-0.25, -0.2) is 0 Å². The fourth-order valence-corrected chi connectivity index (χ4v) is 1.25. The molecule has 0 amide bonds. The highest BCUT2D eigenvalue weighted by Gasteiger charge is 2.21. The van der Waals surface area contributed by atoms with Crippen LogP contribution in [-0.2, 0) is 0 Å². The van der Waals surface area contributed by atoms with Crippen molar-refractivity contribution in [2.24, 2.45) is 0 Å². The molecule has 0 unspecified atom stereocenters. The molecular formula is C8H5ClFNO3. The predicted molar refractivity (Wildman–Crippen MR) is 48.1 cm³/mol. The van der Waals surface area contributed by atoms with Crippen LogP contribution >= 0.6 is 11.6 Å². The number of benzene rings is 1. The summed E-state index contributed by atoms with van der Waals surface area (Å²) in [5, 5.41) is 9.77. The van der Waals surface area contributed by atoms with Gasteiger partial charge in [0, 0.05) is 11.6 Å². The van der Waals surface area contributed by atoms with E-state index in [-0.39, 0.29) is 5.56 Å². The Balaban J connectivity index is 3.41. The molecule has 0 bridgehead atoms. The largest absolute Gasteiger partial charge is 0.306 e. The van der Waals surface area contributed by atoms with Crippen molar-refractivity contribution in [2.45, 2.75) is 6.92 Å². The van der Waals surface area contributed by atoms with Crippen LogP contribution in [0.5, 0.6) is 0 Å². The number of hydrogen-bond donors (Lipinski definition) is 0. The monoisotopic (exact) mass is 217 g/mol. The third-order valence-electron chi connectivity index (χ3n) is 1.64. The van der Waals surface area contributed by atoms with Crippen molar-refractivity contribution in [1.29, 1.82) is 0 Å². The minimum absolute atomic E-state index is 0.0604. The Labute approximate surface area is 83.4 Å². The summed E-state index contributed by atoms with van der Waals surface area (Å²) in [5.41, 5.74) is -0.797. The minimum Gasteiger partial charge on any atom is -0.294 e. The summed E-state index contributed by atoms with van der Waals surface area (Å²) in [6, 6.07) is 2.05. The summed E-state index contributed by atoms with van der Waals surface area (Å²) in [7, 11) is 0. The van der Waals surface area contributed by atoms with Crippen molar-refractivity contribution in [2.75, 3.05) is 0 Å². The molecule has 0 aromatic heterocycles. The smallest absolute Gasteiger partial charge is 0.294 e. The van der Waals surface area contributed by atoms with Crippen molar-refractivity contribution in [1.82, 2.24) is 0 Å². The standard InChI is InChI=1S/C8H5ClFNO3/c1-4(12)5-2-3-6(11(13)14)8(10)7(5)9/h2-3H,1H3. The third-order valence-corrected chi connectivity index (χ3v) is 2.01. The van der Waals surface area contributed by atoms with Crippen molar-refractivity contribution in [3.05, 3.63) is 38.7 Å². The van der Waals surface area contributed by atoms with Crippen LogP contribution in [0, 0.1) is 15.9 Å². The first-order valence-corrected chi connectivity index (χ1v) is 3.96. The molecule has 0 radical (unpaired) electrons. The molecule has 1 rings (SSSR count). The van der Waals surface area contributed by atoms with Gasteiger partial charge >= 0.3 is 5.69 Å². The molecule has 0 aliphatic rings. The van der Waals surface area contributed by atoms with Crippen molar-refractivity contribution < 1.29 is 14.1 Å². The number of ketones is 1. The molecule has 0 saturated heterocycles. The van der Waals surface area contributed by atoms with E-state index in [1.54, 1.807) is 0 Å². The SMILES string of the molecule is CC(=O)c1ccc([N+](=O)[O-])c(F)c1Cl. The molecule has 0 fully saturated rings. The first-order chi connectivity index (χ1) is 6.45. The second kappa shape index (κ2) is 3.71. The van der Waals surface area contributed by atoms with Crippen molar-refractivity contribution >= 4 is 23.1 Å². The number of rotatable bonds is 2. The molecule has 1 aromatic carbocycles. The molecule has 14 heavy (non-hydrogen) atoms. The second-order valence-electron chi connectivity index (χ2n) is 2.57. The topological polar surface area (TPSA) is 60.2 Å². The van der Waals surface area contributed by atoms with E-state index < -0.39 is 27.2 Å². The summed E-state index contributed by atoms with van der Waals surface area (Å²) in [5.74, 6) is -1.62. The molecule has 0 heterocycles. The molecule has 0 aliphatic heterocycles. The van der Waals surface area contributed by atoms with Gasteiger partial charge in [-0.1, -0.05) is 11.6 Å². The van der Waals surface area contributed by atoms with Gasteiger partial charge in [-0.15, -0.1) is 0 Å². The van der Waals surface area contributed by atoms with Gasteiger partial charge in [0.05, 0.1) is 9.95 Å². The summed E-state index contributed by atoms with van der Waals surface area (Å²) in [6.07, 6.45) is 0. The Morgan fingerprint density at radius 2 is 2.14 bits per heavy atom. The summed E-state index contributed by atoms with van der Waals surface area (Å²) in [6.45, 7) is 1.20. The number of carbonyl (C=O) groups excluding carboxylic acids is 1. The molecule has 0 N–H and O–H groups in total. The normalized spacial score (nSPS) is 9.93. The highest BCUT2D eigenvalue weighted by atomic mass is 35.5. The lowest BCUT2D eigenvalue weighted by Gasteiger charge is -2.00. The zero-order valence-electron chi connectivity index (χ0n) is 7.08. The Morgan fingerprint density at radius 1 is 1.57 bits per heavy atom. The molecular weight excluding hydrogens is 213 g/mol. The Morgan fingerprint density at radius 3 is 2.57 bits per heavy atom. The lowest BCUT2D eigenvalue weighted by molar-refractivity contribution is -0.387. The number of carbonyl (C=O) groups is 1. The molecule has 0 spiro atoms. The Hall–Kier alpha value is -1.49. The van der Waals surface area contributed by atoms with Gasteiger partial charge < -0.3 is 0 Å². The molecule has 4 nitrogen and oxygen atoms in total. The number of Topliss-reactive ketones (excluding diaryl/α,β-unsaturated/α-hetero) is 1. The van der Waals surface area contributed by atoms with Crippen LogP contribution in [0.15, 0.2) is 12.1 Å². The first kappa shape index (κ1) is 10.6. The van der Waals surface area contributed by atoms with E-state index in [2.05, 4.69) is 0 Å². The lowest BCUT2D eigenvalue weighted by atomic mass is 10.1. The van der Waals surface area contributed by atoms with E-state index in [0.29, 0.717) is 0 Å². The van der Waals surface area contributed by atoms with Crippen LogP contribution in [0.25, 0.3) is 0 Å². The van der Waals surface area contributed by atoms with Crippen LogP contribution in [0.3, 0.4) is 0 Å². The van der Waals surface area contributed by atoms with Gasteiger partial charge in [-0.2, -0.15) is 4.39 Å². The van der Waals surface area contributed by atoms with Gasteiger partial charge in [0.25, 0.3) is 0 Å². The van der Waals surface area contributed by atoms with E-state index in [0.717, 1.165) is 12.1 Å². The predicted octanol–water partition coefficient (Wildman–Crippen LogP) is 2.59. The average Bonchev–Trinajstić information content (AvgIpc) is 2.08. The van der Waals surface area contributed by atoms with Crippen LogP contribution in [0.2, 0.25) is 5.02 Å². The van der Waals surface area contributed by atoms with Gasteiger partial charge in [0.2, 0.25) is 5.82 Å². The van der Waals surface area contributed by atoms with Crippen molar-refractivity contribution in [3.8, 4) is 0 Å². The summed E-state index contributed by atoms with van der Waals surface area (Å²) in [4.78, 5) is 20.3. The first-order valence-electron chi connectivity index (χ1n) is 3.58. The number of nitro groups is 1. The van der Waals surface area contributed by atoms with E-state index in [1.807, 2.05) is 0 Å². The van der Waals surface area contributed by atoms with Crippen LogP contribution in [0.4, 0.5) is 10.1 Å². The Bertz CT molecular complexity index is 380. The maximum atomic E-state index is 13.1. The molecule has 0 aliphatic carbocycles. The molecule has 0 saturated carbocycles. The lowest BCUT2D eigenvalue weighted by Crippen LogP contribution is -1.99. The van der Waals surface area contributed by atoms with Crippen molar-refractivity contribution in [3.63, 3.8) is 0 Å². The number of hydrogen-bond acceptors (Lipinski definition) is 3. The van der Waals surface area contributed by atoms with E-state index in [4.69, 9.17) is 11.6 Å². The zero-order valence-corrected chi connectivity index (χ0v) is 7.84. The molecule has 6 heteroatoms. The molecule has 0 atom stereocenters. The van der Waals surface area contributed by atoms with Gasteiger partial charge in [0.15, 0.2) is 5.78 Å². The summed E-state index contributed by atoms with van der Waals surface area (Å²) < 4.78 is 13.1. The molecule has 74 valence electrons. The highest BCUT2D eigenvalue weighted by Crippen LogP contribution is 2.27. The number of nitro benzene ring substituents is 1. The van der Waals surface area contributed by atoms with Gasteiger partial charge in [-0.05, 0) is 13.0 Å². The van der Waals surface area contributed by atoms with E-state index in [9.17, 15) is 19.3 Å². The maximum absolute atomic E-state index is 13.1. The maximum Gasteiger partial charge on any atom is 0.306 e. The highest BCUT2D eigenvalue weighted by molar-refractivity contribution is 6.34.